The van der Waals surface area contributed by atoms with Gasteiger partial charge >= 0.3 is 0 Å². The van der Waals surface area contributed by atoms with Crippen molar-refractivity contribution in [1.82, 2.24) is 9.21 Å². The minimum atomic E-state index is -3.02. The largest absolute Gasteiger partial charge is 0.303 e. The standard InChI is InChI=1S/C10H22N2O2S/c1-4-7-12-8-5-10(6-9-12)11(2)15(3,13)14/h10H,4-9H2,1-3H3. The van der Waals surface area contributed by atoms with Crippen molar-refractivity contribution < 1.29 is 8.42 Å². The van der Waals surface area contributed by atoms with Crippen LogP contribution in [0.25, 0.3) is 0 Å². The molecule has 5 heteroatoms. The lowest BCUT2D eigenvalue weighted by molar-refractivity contribution is 0.170. The van der Waals surface area contributed by atoms with Crippen LogP contribution in [0.4, 0.5) is 0 Å². The first kappa shape index (κ1) is 12.9. The summed E-state index contributed by atoms with van der Waals surface area (Å²) in [7, 11) is -1.33. The Labute approximate surface area is 93.3 Å². The Kier molecular flexibility index (Phi) is 4.55. The third-order valence-corrected chi connectivity index (χ3v) is 4.48. The minimum absolute atomic E-state index is 0.202. The van der Waals surface area contributed by atoms with Crippen molar-refractivity contribution in [2.24, 2.45) is 0 Å². The van der Waals surface area contributed by atoms with Crippen LogP contribution in [-0.2, 0) is 10.0 Å². The van der Waals surface area contributed by atoms with E-state index in [0.717, 1.165) is 32.5 Å². The van der Waals surface area contributed by atoms with Gasteiger partial charge in [-0.25, -0.2) is 12.7 Å². The summed E-state index contributed by atoms with van der Waals surface area (Å²) >= 11 is 0. The molecule has 0 aromatic rings. The van der Waals surface area contributed by atoms with Gasteiger partial charge in [0.1, 0.15) is 0 Å². The molecule has 1 rings (SSSR count). The predicted molar refractivity (Wildman–Crippen MR) is 62.4 cm³/mol. The van der Waals surface area contributed by atoms with Gasteiger partial charge in [0.15, 0.2) is 0 Å². The van der Waals surface area contributed by atoms with Crippen molar-refractivity contribution in [2.75, 3.05) is 32.9 Å². The summed E-state index contributed by atoms with van der Waals surface area (Å²) in [5, 5.41) is 0. The van der Waals surface area contributed by atoms with E-state index >= 15 is 0 Å². The van der Waals surface area contributed by atoms with E-state index in [-0.39, 0.29) is 6.04 Å². The normalized spacial score (nSPS) is 21.1. The van der Waals surface area contributed by atoms with E-state index in [0.29, 0.717) is 0 Å². The molecule has 4 nitrogen and oxygen atoms in total. The molecule has 0 bridgehead atoms. The predicted octanol–water partition coefficient (Wildman–Crippen LogP) is 0.752. The molecular formula is C10H22N2O2S. The zero-order valence-electron chi connectivity index (χ0n) is 9.94. The number of piperidine rings is 1. The molecule has 0 radical (unpaired) electrons. The summed E-state index contributed by atoms with van der Waals surface area (Å²) in [6.45, 7) is 5.36. The maximum Gasteiger partial charge on any atom is 0.211 e. The smallest absolute Gasteiger partial charge is 0.211 e. The minimum Gasteiger partial charge on any atom is -0.303 e. The highest BCUT2D eigenvalue weighted by atomic mass is 32.2. The van der Waals surface area contributed by atoms with E-state index in [4.69, 9.17) is 0 Å². The third kappa shape index (κ3) is 3.74. The fourth-order valence-electron chi connectivity index (χ4n) is 2.09. The lowest BCUT2D eigenvalue weighted by atomic mass is 10.1. The van der Waals surface area contributed by atoms with Gasteiger partial charge in [0.05, 0.1) is 6.26 Å². The van der Waals surface area contributed by atoms with E-state index < -0.39 is 10.0 Å². The van der Waals surface area contributed by atoms with E-state index in [1.165, 1.54) is 17.0 Å². The Morgan fingerprint density at radius 1 is 1.33 bits per heavy atom. The van der Waals surface area contributed by atoms with Crippen molar-refractivity contribution in [1.29, 1.82) is 0 Å². The molecule has 1 aliphatic heterocycles. The van der Waals surface area contributed by atoms with Crippen LogP contribution in [0, 0.1) is 0 Å². The number of hydrogen-bond donors (Lipinski definition) is 0. The summed E-state index contributed by atoms with van der Waals surface area (Å²) in [4.78, 5) is 2.41. The number of likely N-dealkylation sites (tertiary alicyclic amines) is 1. The molecule has 0 saturated carbocycles. The summed E-state index contributed by atoms with van der Waals surface area (Å²) in [6, 6.07) is 0.202. The molecule has 0 aromatic heterocycles. The van der Waals surface area contributed by atoms with Crippen molar-refractivity contribution in [3.63, 3.8) is 0 Å². The second-order valence-corrected chi connectivity index (χ2v) is 6.39. The topological polar surface area (TPSA) is 40.6 Å². The van der Waals surface area contributed by atoms with Crippen molar-refractivity contribution in [2.45, 2.75) is 32.2 Å². The monoisotopic (exact) mass is 234 g/mol. The zero-order chi connectivity index (χ0) is 11.5. The fourth-order valence-corrected chi connectivity index (χ4v) is 2.85. The lowest BCUT2D eigenvalue weighted by Gasteiger charge is -2.35. The number of rotatable bonds is 4. The van der Waals surface area contributed by atoms with Crippen LogP contribution >= 0.6 is 0 Å². The van der Waals surface area contributed by atoms with Gasteiger partial charge in [0, 0.05) is 13.1 Å². The molecule has 0 unspecified atom stereocenters. The molecule has 0 atom stereocenters. The van der Waals surface area contributed by atoms with Crippen LogP contribution in [0.5, 0.6) is 0 Å². The second-order valence-electron chi connectivity index (χ2n) is 4.35. The Hall–Kier alpha value is -0.130. The average Bonchev–Trinajstić information content (AvgIpc) is 2.17. The first-order valence-corrected chi connectivity index (χ1v) is 7.45. The number of sulfonamides is 1. The van der Waals surface area contributed by atoms with Gasteiger partial charge in [0.25, 0.3) is 0 Å². The third-order valence-electron chi connectivity index (χ3n) is 3.13. The van der Waals surface area contributed by atoms with E-state index in [1.54, 1.807) is 7.05 Å². The summed E-state index contributed by atoms with van der Waals surface area (Å²) < 4.78 is 24.2. The van der Waals surface area contributed by atoms with Gasteiger partial charge in [-0.05, 0) is 38.9 Å². The Morgan fingerprint density at radius 2 is 1.87 bits per heavy atom. The Morgan fingerprint density at radius 3 is 2.27 bits per heavy atom. The van der Waals surface area contributed by atoms with E-state index in [1.807, 2.05) is 0 Å². The molecule has 0 aromatic carbocycles. The van der Waals surface area contributed by atoms with Crippen LogP contribution < -0.4 is 0 Å². The Balaban J connectivity index is 2.44. The van der Waals surface area contributed by atoms with Crippen molar-refractivity contribution in [3.05, 3.63) is 0 Å². The first-order chi connectivity index (χ1) is 6.95. The first-order valence-electron chi connectivity index (χ1n) is 5.60. The van der Waals surface area contributed by atoms with Crippen molar-refractivity contribution >= 4 is 10.0 Å². The van der Waals surface area contributed by atoms with Gasteiger partial charge in [0.2, 0.25) is 10.0 Å². The highest BCUT2D eigenvalue weighted by Gasteiger charge is 2.26. The summed E-state index contributed by atoms with van der Waals surface area (Å²) in [6.07, 6.45) is 4.38. The molecule has 15 heavy (non-hydrogen) atoms. The average molecular weight is 234 g/mol. The molecule has 1 aliphatic rings. The molecule has 90 valence electrons. The van der Waals surface area contributed by atoms with E-state index in [9.17, 15) is 8.42 Å². The van der Waals surface area contributed by atoms with Gasteiger partial charge in [-0.1, -0.05) is 6.92 Å². The van der Waals surface area contributed by atoms with Crippen LogP contribution in [0.3, 0.4) is 0 Å². The zero-order valence-corrected chi connectivity index (χ0v) is 10.8. The molecule has 1 saturated heterocycles. The summed E-state index contributed by atoms with van der Waals surface area (Å²) in [5.74, 6) is 0. The molecule has 1 heterocycles. The molecule has 0 aliphatic carbocycles. The second kappa shape index (κ2) is 5.27. The van der Waals surface area contributed by atoms with Gasteiger partial charge in [-0.2, -0.15) is 0 Å². The number of hydrogen-bond acceptors (Lipinski definition) is 3. The molecule has 0 amide bonds. The highest BCUT2D eigenvalue weighted by Crippen LogP contribution is 2.17. The molecule has 1 fully saturated rings. The maximum atomic E-state index is 11.4. The van der Waals surface area contributed by atoms with Gasteiger partial charge in [-0.15, -0.1) is 0 Å². The lowest BCUT2D eigenvalue weighted by Crippen LogP contribution is -2.45. The SMILES string of the molecule is CCCN1CCC(N(C)S(C)(=O)=O)CC1. The number of nitrogens with zero attached hydrogens (tertiary/aromatic N) is 2. The molecule has 0 N–H and O–H groups in total. The molecule has 0 spiro atoms. The van der Waals surface area contributed by atoms with Crippen LogP contribution in [0.1, 0.15) is 26.2 Å². The quantitative estimate of drug-likeness (QED) is 0.721. The fraction of sp³-hybridized carbons (Fsp3) is 1.00. The van der Waals surface area contributed by atoms with Gasteiger partial charge < -0.3 is 4.90 Å². The van der Waals surface area contributed by atoms with Gasteiger partial charge in [-0.3, -0.25) is 0 Å². The van der Waals surface area contributed by atoms with Crippen LogP contribution in [0.2, 0.25) is 0 Å². The van der Waals surface area contributed by atoms with Crippen molar-refractivity contribution in [3.8, 4) is 0 Å². The Bertz CT molecular complexity index is 282. The van der Waals surface area contributed by atoms with Crippen LogP contribution in [-0.4, -0.2) is 56.6 Å². The maximum absolute atomic E-state index is 11.4. The highest BCUT2D eigenvalue weighted by molar-refractivity contribution is 7.88. The van der Waals surface area contributed by atoms with Crippen LogP contribution in [0.15, 0.2) is 0 Å². The summed E-state index contributed by atoms with van der Waals surface area (Å²) in [5.41, 5.74) is 0. The van der Waals surface area contributed by atoms with E-state index in [2.05, 4.69) is 11.8 Å². The molecular weight excluding hydrogens is 212 g/mol.